The fourth-order valence-corrected chi connectivity index (χ4v) is 1.92. The maximum Gasteiger partial charge on any atom is 0.213 e. The zero-order valence-corrected chi connectivity index (χ0v) is 12.3. The molecular weight excluding hydrogens is 268 g/mol. The third kappa shape index (κ3) is 4.10. The number of hydrogen-bond acceptors (Lipinski definition) is 5. The summed E-state index contributed by atoms with van der Waals surface area (Å²) in [5, 5.41) is 21.8. The lowest BCUT2D eigenvalue weighted by molar-refractivity contribution is 0.196. The van der Waals surface area contributed by atoms with Crippen LogP contribution in [0.5, 0.6) is 11.6 Å². The molecule has 0 saturated carbocycles. The molecule has 0 spiro atoms. The van der Waals surface area contributed by atoms with Crippen LogP contribution in [0.4, 0.5) is 5.69 Å². The van der Waals surface area contributed by atoms with Crippen LogP contribution >= 0.6 is 0 Å². The van der Waals surface area contributed by atoms with Crippen molar-refractivity contribution in [1.29, 1.82) is 0 Å². The Balaban J connectivity index is 1.98. The van der Waals surface area contributed by atoms with Gasteiger partial charge in [0.05, 0.1) is 18.5 Å². The number of nitrogens with one attached hydrogen (secondary N) is 1. The largest absolute Gasteiger partial charge is 0.508 e. The van der Waals surface area contributed by atoms with Crippen molar-refractivity contribution in [2.75, 3.05) is 18.5 Å². The second-order valence-corrected chi connectivity index (χ2v) is 4.88. The molecule has 0 bridgehead atoms. The molecule has 0 amide bonds. The molecule has 0 radical (unpaired) electrons. The zero-order valence-electron chi connectivity index (χ0n) is 12.3. The number of nitrogens with zero attached hydrogens (tertiary/aromatic N) is 1. The number of aromatic hydroxyl groups is 1. The second-order valence-electron chi connectivity index (χ2n) is 4.88. The Morgan fingerprint density at radius 3 is 2.62 bits per heavy atom. The molecule has 3 N–H and O–H groups in total. The summed E-state index contributed by atoms with van der Waals surface area (Å²) in [7, 11) is 0. The van der Waals surface area contributed by atoms with Crippen molar-refractivity contribution in [3.8, 4) is 11.6 Å². The molecule has 2 aromatic rings. The normalized spacial score (nSPS) is 10.4. The number of rotatable bonds is 6. The number of hydrogen-bond donors (Lipinski definition) is 3. The quantitative estimate of drug-likeness (QED) is 0.761. The van der Waals surface area contributed by atoms with E-state index in [1.165, 1.54) is 0 Å². The van der Waals surface area contributed by atoms with Crippen LogP contribution in [0.3, 0.4) is 0 Å². The molecule has 0 atom stereocenters. The molecule has 0 fully saturated rings. The highest BCUT2D eigenvalue weighted by Gasteiger charge is 2.04. The first-order valence-corrected chi connectivity index (χ1v) is 6.83. The lowest BCUT2D eigenvalue weighted by atomic mass is 10.1. The standard InChI is InChI=1S/C16H20N2O3/c1-11-7-13(15(20)8-12(11)2)9-17-14-3-4-16(18-10-14)21-6-5-19/h3-4,7-8,10,17,19-20H,5-6,9H2,1-2H3. The summed E-state index contributed by atoms with van der Waals surface area (Å²) in [5.41, 5.74) is 3.90. The van der Waals surface area contributed by atoms with E-state index in [0.717, 1.165) is 22.4 Å². The minimum atomic E-state index is -0.0340. The molecule has 0 aliphatic rings. The number of aryl methyl sites for hydroxylation is 2. The van der Waals surface area contributed by atoms with Gasteiger partial charge >= 0.3 is 0 Å². The molecule has 0 aliphatic heterocycles. The predicted molar refractivity (Wildman–Crippen MR) is 81.7 cm³/mol. The van der Waals surface area contributed by atoms with Crippen LogP contribution in [0.1, 0.15) is 16.7 Å². The number of aliphatic hydroxyl groups excluding tert-OH is 1. The van der Waals surface area contributed by atoms with E-state index < -0.39 is 0 Å². The molecule has 1 aromatic carbocycles. The number of ether oxygens (including phenoxy) is 1. The molecular formula is C16H20N2O3. The monoisotopic (exact) mass is 288 g/mol. The van der Waals surface area contributed by atoms with Crippen molar-refractivity contribution in [3.63, 3.8) is 0 Å². The van der Waals surface area contributed by atoms with Crippen LogP contribution < -0.4 is 10.1 Å². The van der Waals surface area contributed by atoms with Crippen molar-refractivity contribution in [2.24, 2.45) is 0 Å². The van der Waals surface area contributed by atoms with Gasteiger partial charge in [0.25, 0.3) is 0 Å². The Labute approximate surface area is 124 Å². The van der Waals surface area contributed by atoms with Crippen molar-refractivity contribution < 1.29 is 14.9 Å². The van der Waals surface area contributed by atoms with Gasteiger partial charge in [-0.25, -0.2) is 4.98 Å². The lowest BCUT2D eigenvalue weighted by Crippen LogP contribution is -2.04. The van der Waals surface area contributed by atoms with Crippen molar-refractivity contribution in [1.82, 2.24) is 4.98 Å². The summed E-state index contributed by atoms with van der Waals surface area (Å²) >= 11 is 0. The highest BCUT2D eigenvalue weighted by molar-refractivity contribution is 5.46. The molecule has 21 heavy (non-hydrogen) atoms. The fourth-order valence-electron chi connectivity index (χ4n) is 1.92. The summed E-state index contributed by atoms with van der Waals surface area (Å²) in [6, 6.07) is 7.33. The van der Waals surface area contributed by atoms with Crippen molar-refractivity contribution >= 4 is 5.69 Å². The van der Waals surface area contributed by atoms with Crippen LogP contribution in [0, 0.1) is 13.8 Å². The van der Waals surface area contributed by atoms with Crippen LogP contribution in [-0.4, -0.2) is 28.4 Å². The average Bonchev–Trinajstić information content (AvgIpc) is 2.48. The summed E-state index contributed by atoms with van der Waals surface area (Å²) in [5.74, 6) is 0.769. The van der Waals surface area contributed by atoms with E-state index in [2.05, 4.69) is 10.3 Å². The maximum absolute atomic E-state index is 9.94. The van der Waals surface area contributed by atoms with Gasteiger partial charge < -0.3 is 20.3 Å². The Kier molecular flexibility index (Phi) is 5.00. The number of benzene rings is 1. The Morgan fingerprint density at radius 1 is 1.19 bits per heavy atom. The van der Waals surface area contributed by atoms with Crippen molar-refractivity contribution in [2.45, 2.75) is 20.4 Å². The smallest absolute Gasteiger partial charge is 0.213 e. The summed E-state index contributed by atoms with van der Waals surface area (Å²) in [6.45, 7) is 4.71. The van der Waals surface area contributed by atoms with Crippen LogP contribution in [0.2, 0.25) is 0 Å². The van der Waals surface area contributed by atoms with Gasteiger partial charge in [-0.15, -0.1) is 0 Å². The fraction of sp³-hybridized carbons (Fsp3) is 0.312. The van der Waals surface area contributed by atoms with Gasteiger partial charge in [0.1, 0.15) is 12.4 Å². The highest BCUT2D eigenvalue weighted by Crippen LogP contribution is 2.23. The molecule has 1 heterocycles. The Bertz CT molecular complexity index is 597. The van der Waals surface area contributed by atoms with Gasteiger partial charge in [0.15, 0.2) is 0 Å². The number of aliphatic hydroxyl groups is 1. The summed E-state index contributed by atoms with van der Waals surface area (Å²) in [6.07, 6.45) is 1.66. The maximum atomic E-state index is 9.94. The molecule has 0 saturated heterocycles. The SMILES string of the molecule is Cc1cc(O)c(CNc2ccc(OCCO)nc2)cc1C. The van der Waals surface area contributed by atoms with Crippen LogP contribution in [0.15, 0.2) is 30.5 Å². The first-order chi connectivity index (χ1) is 10.1. The highest BCUT2D eigenvalue weighted by atomic mass is 16.5. The van der Waals surface area contributed by atoms with Gasteiger partial charge in [-0.05, 0) is 37.1 Å². The molecule has 0 aliphatic carbocycles. The van der Waals surface area contributed by atoms with E-state index in [0.29, 0.717) is 18.2 Å². The predicted octanol–water partition coefficient (Wildman–Crippen LogP) is 2.39. The minimum absolute atomic E-state index is 0.0340. The number of phenols is 1. The minimum Gasteiger partial charge on any atom is -0.508 e. The van der Waals surface area contributed by atoms with E-state index in [9.17, 15) is 5.11 Å². The first kappa shape index (κ1) is 15.1. The van der Waals surface area contributed by atoms with Crippen molar-refractivity contribution in [3.05, 3.63) is 47.2 Å². The van der Waals surface area contributed by atoms with E-state index in [1.54, 1.807) is 18.3 Å². The Morgan fingerprint density at radius 2 is 1.95 bits per heavy atom. The molecule has 1 aromatic heterocycles. The van der Waals surface area contributed by atoms with Gasteiger partial charge in [0.2, 0.25) is 5.88 Å². The number of anilines is 1. The summed E-state index contributed by atoms with van der Waals surface area (Å²) in [4.78, 5) is 4.12. The molecule has 5 nitrogen and oxygen atoms in total. The zero-order chi connectivity index (χ0) is 15.2. The number of phenolic OH excluding ortho intramolecular Hbond substituents is 1. The van der Waals surface area contributed by atoms with Crippen LogP contribution in [0.25, 0.3) is 0 Å². The third-order valence-electron chi connectivity index (χ3n) is 3.26. The Hall–Kier alpha value is -2.27. The second kappa shape index (κ2) is 6.95. The van der Waals surface area contributed by atoms with Gasteiger partial charge in [-0.3, -0.25) is 0 Å². The molecule has 0 unspecified atom stereocenters. The average molecular weight is 288 g/mol. The molecule has 2 rings (SSSR count). The van der Waals surface area contributed by atoms with E-state index in [-0.39, 0.29) is 13.2 Å². The van der Waals surface area contributed by atoms with E-state index in [4.69, 9.17) is 9.84 Å². The number of pyridine rings is 1. The summed E-state index contributed by atoms with van der Waals surface area (Å²) < 4.78 is 5.19. The molecule has 112 valence electrons. The lowest BCUT2D eigenvalue weighted by Gasteiger charge is -2.11. The topological polar surface area (TPSA) is 74.6 Å². The number of aromatic nitrogens is 1. The van der Waals surface area contributed by atoms with Crippen LogP contribution in [-0.2, 0) is 6.54 Å². The third-order valence-corrected chi connectivity index (χ3v) is 3.26. The van der Waals surface area contributed by atoms with E-state index >= 15 is 0 Å². The molecule has 5 heteroatoms. The van der Waals surface area contributed by atoms with Gasteiger partial charge in [-0.2, -0.15) is 0 Å². The van der Waals surface area contributed by atoms with Gasteiger partial charge in [0, 0.05) is 18.2 Å². The first-order valence-electron chi connectivity index (χ1n) is 6.83. The van der Waals surface area contributed by atoms with Gasteiger partial charge in [-0.1, -0.05) is 6.07 Å². The van der Waals surface area contributed by atoms with E-state index in [1.807, 2.05) is 26.0 Å².